The lowest BCUT2D eigenvalue weighted by Crippen LogP contribution is -2.23. The topological polar surface area (TPSA) is 97.8 Å². The maximum absolute atomic E-state index is 14.9. The van der Waals surface area contributed by atoms with Gasteiger partial charge < -0.3 is 15.6 Å². The number of anilines is 2. The first-order chi connectivity index (χ1) is 17.3. The first-order valence-electron chi connectivity index (χ1n) is 12.2. The van der Waals surface area contributed by atoms with Crippen LogP contribution in [0.3, 0.4) is 0 Å². The highest BCUT2D eigenvalue weighted by molar-refractivity contribution is 5.84. The van der Waals surface area contributed by atoms with E-state index in [1.807, 2.05) is 25.3 Å². The zero-order chi connectivity index (χ0) is 25.4. The normalized spacial score (nSPS) is 16.4. The van der Waals surface area contributed by atoms with Crippen LogP contribution in [0.1, 0.15) is 37.7 Å². The second-order valence-electron chi connectivity index (χ2n) is 9.66. The number of likely N-dealkylation sites (tertiary alicyclic amines) is 1. The van der Waals surface area contributed by atoms with Gasteiger partial charge in [0.1, 0.15) is 23.0 Å². The molecule has 1 saturated heterocycles. The maximum Gasteiger partial charge on any atom is 0.228 e. The van der Waals surface area contributed by atoms with Gasteiger partial charge >= 0.3 is 0 Å². The molecule has 4 aromatic rings. The summed E-state index contributed by atoms with van der Waals surface area (Å²) in [5.41, 5.74) is 8.31. The molecule has 0 amide bonds. The van der Waals surface area contributed by atoms with E-state index in [4.69, 9.17) is 5.73 Å². The third-order valence-electron chi connectivity index (χ3n) is 6.66. The third-order valence-corrected chi connectivity index (χ3v) is 6.66. The van der Waals surface area contributed by atoms with Crippen molar-refractivity contribution in [3.63, 3.8) is 0 Å². The molecule has 1 aliphatic rings. The molecule has 0 radical (unpaired) electrons. The number of hydrogen-bond acceptors (Lipinski definition) is 7. The number of pyridine rings is 1. The number of nitrogens with zero attached hydrogens (tertiary/aromatic N) is 6. The second-order valence-corrected chi connectivity index (χ2v) is 9.66. The summed E-state index contributed by atoms with van der Waals surface area (Å²) in [5, 5.41) is 3.02. The predicted octanol–water partition coefficient (Wildman–Crippen LogP) is 4.58. The Labute approximate surface area is 208 Å². The Bertz CT molecular complexity index is 1380. The number of fused-ring (bicyclic) bond motifs is 1. The number of halogens is 2. The molecule has 0 bridgehead atoms. The van der Waals surface area contributed by atoms with Crippen LogP contribution in [0.4, 0.5) is 20.5 Å². The van der Waals surface area contributed by atoms with Gasteiger partial charge in [-0.15, -0.1) is 0 Å². The van der Waals surface area contributed by atoms with Gasteiger partial charge in [-0.2, -0.15) is 0 Å². The monoisotopic (exact) mass is 492 g/mol. The van der Waals surface area contributed by atoms with Crippen LogP contribution in [0.5, 0.6) is 0 Å². The molecule has 0 spiro atoms. The smallest absolute Gasteiger partial charge is 0.228 e. The number of aromatic nitrogens is 5. The highest BCUT2D eigenvalue weighted by Gasteiger charge is 2.21. The summed E-state index contributed by atoms with van der Waals surface area (Å²) in [6, 6.07) is 4.68. The summed E-state index contributed by atoms with van der Waals surface area (Å²) in [6.07, 6.45) is 5.77. The van der Waals surface area contributed by atoms with Crippen molar-refractivity contribution in [2.24, 2.45) is 11.7 Å². The fraction of sp³-hybridized carbons (Fsp3) is 0.385. The lowest BCUT2D eigenvalue weighted by molar-refractivity contribution is 0.317. The van der Waals surface area contributed by atoms with Crippen molar-refractivity contribution >= 4 is 22.8 Å². The first-order valence-corrected chi connectivity index (χ1v) is 12.2. The van der Waals surface area contributed by atoms with E-state index in [1.165, 1.54) is 12.1 Å². The zero-order valence-electron chi connectivity index (χ0n) is 20.7. The molecule has 0 saturated carbocycles. The molecule has 0 unspecified atom stereocenters. The van der Waals surface area contributed by atoms with Gasteiger partial charge in [0, 0.05) is 42.7 Å². The minimum Gasteiger partial charge on any atom is -0.330 e. The molecule has 1 aliphatic heterocycles. The van der Waals surface area contributed by atoms with E-state index >= 15 is 0 Å². The molecule has 3 N–H and O–H groups in total. The van der Waals surface area contributed by atoms with Crippen LogP contribution in [0.15, 0.2) is 36.8 Å². The van der Waals surface area contributed by atoms with Gasteiger partial charge in [0.15, 0.2) is 5.82 Å². The second kappa shape index (κ2) is 9.87. The predicted molar refractivity (Wildman–Crippen MR) is 136 cm³/mol. The molecule has 1 atom stereocenters. The fourth-order valence-corrected chi connectivity index (χ4v) is 4.93. The van der Waals surface area contributed by atoms with Crippen molar-refractivity contribution in [3.05, 3.63) is 59.8 Å². The number of hydrogen-bond donors (Lipinski definition) is 2. The van der Waals surface area contributed by atoms with Crippen LogP contribution in [0.2, 0.25) is 0 Å². The minimum absolute atomic E-state index is 0.0804. The van der Waals surface area contributed by atoms with E-state index in [0.717, 1.165) is 37.8 Å². The van der Waals surface area contributed by atoms with Gasteiger partial charge in [0.05, 0.1) is 11.7 Å². The third kappa shape index (κ3) is 4.78. The van der Waals surface area contributed by atoms with Crippen molar-refractivity contribution in [2.75, 3.05) is 25.0 Å². The molecule has 5 rings (SSSR count). The van der Waals surface area contributed by atoms with E-state index in [0.29, 0.717) is 41.1 Å². The Kier molecular flexibility index (Phi) is 6.63. The van der Waals surface area contributed by atoms with Crippen molar-refractivity contribution < 1.29 is 8.78 Å². The largest absolute Gasteiger partial charge is 0.330 e. The number of nitrogens with two attached hydrogens (primary N) is 1. The Morgan fingerprint density at radius 1 is 1.08 bits per heavy atom. The fourth-order valence-electron chi connectivity index (χ4n) is 4.93. The van der Waals surface area contributed by atoms with Gasteiger partial charge in [-0.05, 0) is 70.0 Å². The lowest BCUT2D eigenvalue weighted by Gasteiger charge is -2.15. The summed E-state index contributed by atoms with van der Waals surface area (Å²) in [5.74, 6) is 0.918. The van der Waals surface area contributed by atoms with Crippen molar-refractivity contribution in [1.29, 1.82) is 0 Å². The average molecular weight is 493 g/mol. The Morgan fingerprint density at radius 3 is 2.56 bits per heavy atom. The quantitative estimate of drug-likeness (QED) is 0.390. The van der Waals surface area contributed by atoms with Crippen LogP contribution in [0, 0.1) is 24.5 Å². The van der Waals surface area contributed by atoms with Crippen molar-refractivity contribution in [2.45, 2.75) is 39.8 Å². The summed E-state index contributed by atoms with van der Waals surface area (Å²) >= 11 is 0. The van der Waals surface area contributed by atoms with Crippen LogP contribution < -0.4 is 11.1 Å². The molecule has 1 fully saturated rings. The van der Waals surface area contributed by atoms with Gasteiger partial charge in [0.2, 0.25) is 5.95 Å². The summed E-state index contributed by atoms with van der Waals surface area (Å²) < 4.78 is 31.7. The van der Waals surface area contributed by atoms with Crippen molar-refractivity contribution in [1.82, 2.24) is 29.4 Å². The Hall–Kier alpha value is -3.50. The van der Waals surface area contributed by atoms with Crippen LogP contribution in [0.25, 0.3) is 22.2 Å². The summed E-state index contributed by atoms with van der Waals surface area (Å²) in [6.45, 7) is 9.33. The van der Waals surface area contributed by atoms with Gasteiger partial charge in [-0.1, -0.05) is 0 Å². The molecule has 1 aromatic carbocycles. The Balaban J connectivity index is 1.38. The van der Waals surface area contributed by atoms with E-state index in [2.05, 4.69) is 30.2 Å². The molecule has 0 aliphatic carbocycles. The molecule has 4 heterocycles. The SMILES string of the molecule is Cc1nc2c(F)cc(-c3cc(Nc4ncc(CN5CC[C@H](CN)C5)cn4)ncc3F)cc2n1C(C)C. The molecule has 36 heavy (non-hydrogen) atoms. The number of benzene rings is 1. The van der Waals surface area contributed by atoms with E-state index in [1.54, 1.807) is 18.5 Å². The van der Waals surface area contributed by atoms with Crippen LogP contribution in [-0.4, -0.2) is 49.0 Å². The highest BCUT2D eigenvalue weighted by Crippen LogP contribution is 2.32. The highest BCUT2D eigenvalue weighted by atomic mass is 19.1. The number of aryl methyl sites for hydroxylation is 1. The number of nitrogens with one attached hydrogen (secondary N) is 1. The van der Waals surface area contributed by atoms with E-state index in [9.17, 15) is 8.78 Å². The number of rotatable bonds is 7. The van der Waals surface area contributed by atoms with Crippen molar-refractivity contribution in [3.8, 4) is 11.1 Å². The molecular formula is C26H30F2N8. The first kappa shape index (κ1) is 24.2. The van der Waals surface area contributed by atoms with Crippen LogP contribution in [-0.2, 0) is 6.54 Å². The molecule has 10 heteroatoms. The molecule has 3 aromatic heterocycles. The van der Waals surface area contributed by atoms with Crippen LogP contribution >= 0.6 is 0 Å². The summed E-state index contributed by atoms with van der Waals surface area (Å²) in [4.78, 5) is 19.6. The maximum atomic E-state index is 14.9. The Morgan fingerprint density at radius 2 is 1.86 bits per heavy atom. The zero-order valence-corrected chi connectivity index (χ0v) is 20.7. The molecular weight excluding hydrogens is 462 g/mol. The summed E-state index contributed by atoms with van der Waals surface area (Å²) in [7, 11) is 0. The lowest BCUT2D eigenvalue weighted by atomic mass is 10.0. The molecule has 188 valence electrons. The molecule has 8 nitrogen and oxygen atoms in total. The average Bonchev–Trinajstić information content (AvgIpc) is 3.45. The van der Waals surface area contributed by atoms with E-state index in [-0.39, 0.29) is 17.1 Å². The van der Waals surface area contributed by atoms with E-state index < -0.39 is 11.6 Å². The van der Waals surface area contributed by atoms with Gasteiger partial charge in [-0.25, -0.2) is 28.7 Å². The van der Waals surface area contributed by atoms with Gasteiger partial charge in [0.25, 0.3) is 0 Å². The number of imidazole rings is 1. The minimum atomic E-state index is -0.552. The van der Waals surface area contributed by atoms with Gasteiger partial charge in [-0.3, -0.25) is 4.90 Å². The standard InChI is InChI=1S/C26H30F2N8/c1-15(2)36-16(3)33-25-21(27)6-19(7-23(25)36)20-8-24(30-12-22(20)28)34-26-31-10-18(11-32-26)14-35-5-4-17(9-29)13-35/h6-8,10-12,15,17H,4-5,9,13-14,29H2,1-3H3,(H,30,31,32,34)/t17-/m1/s1.